The molecular weight excluding hydrogens is 629 g/mol. The van der Waals surface area contributed by atoms with Crippen LogP contribution in [0.4, 0.5) is 0 Å². The van der Waals surface area contributed by atoms with Crippen LogP contribution in [0, 0.1) is 5.41 Å². The third kappa shape index (κ3) is 10.3. The van der Waals surface area contributed by atoms with E-state index in [2.05, 4.69) is 0 Å². The van der Waals surface area contributed by atoms with Crippen LogP contribution in [0.5, 0.6) is 0 Å². The van der Waals surface area contributed by atoms with Gasteiger partial charge in [0.1, 0.15) is 18.8 Å². The third-order valence-electron chi connectivity index (χ3n) is 6.02. The lowest BCUT2D eigenvalue weighted by Crippen LogP contribution is -2.63. The maximum absolute atomic E-state index is 13.1. The van der Waals surface area contributed by atoms with E-state index >= 15 is 0 Å². The van der Waals surface area contributed by atoms with Crippen LogP contribution in [0.25, 0.3) is 0 Å². The second-order valence-electron chi connectivity index (χ2n) is 9.27. The van der Waals surface area contributed by atoms with E-state index in [9.17, 15) is 14.4 Å². The van der Waals surface area contributed by atoms with Crippen molar-refractivity contribution in [2.45, 2.75) is 68.0 Å². The molecule has 1 fully saturated rings. The van der Waals surface area contributed by atoms with E-state index in [1.165, 1.54) is 13.8 Å². The maximum atomic E-state index is 13.1. The van der Waals surface area contributed by atoms with Gasteiger partial charge in [0, 0.05) is 13.8 Å². The molecule has 0 aromatic heterocycles. The number of hydrogen-bond acceptors (Lipinski definition) is 11. The second-order valence-corrected chi connectivity index (χ2v) is 11.6. The Morgan fingerprint density at radius 2 is 1.51 bits per heavy atom. The molecule has 6 atom stereocenters. The van der Waals surface area contributed by atoms with E-state index in [1.807, 2.05) is 30.3 Å². The van der Waals surface area contributed by atoms with Gasteiger partial charge in [0.15, 0.2) is 18.3 Å². The molecule has 2 aromatic rings. The molecule has 0 radical (unpaired) electrons. The van der Waals surface area contributed by atoms with E-state index in [-0.39, 0.29) is 19.8 Å². The Hall–Kier alpha value is -2.93. The first-order chi connectivity index (χ1) is 20.4. The molecule has 0 unspecified atom stereocenters. The highest BCUT2D eigenvalue weighted by Crippen LogP contribution is 2.36. The van der Waals surface area contributed by atoms with Crippen LogP contribution < -0.4 is 0 Å². The van der Waals surface area contributed by atoms with Crippen molar-refractivity contribution in [3.8, 4) is 0 Å². The fourth-order valence-corrected chi connectivity index (χ4v) is 4.33. The molecule has 11 nitrogen and oxygen atoms in total. The van der Waals surface area contributed by atoms with Crippen LogP contribution in [0.2, 0.25) is 0 Å². The Morgan fingerprint density at radius 3 is 2.07 bits per heavy atom. The molecule has 0 aliphatic carbocycles. The van der Waals surface area contributed by atoms with Gasteiger partial charge in [0.25, 0.3) is 3.79 Å². The fourth-order valence-electron chi connectivity index (χ4n) is 4.20. The first-order valence-electron chi connectivity index (χ1n) is 13.2. The molecule has 234 valence electrons. The summed E-state index contributed by atoms with van der Waals surface area (Å²) in [4.78, 5) is 37.3. The van der Waals surface area contributed by atoms with Crippen LogP contribution in [0.1, 0.15) is 38.0 Å². The Balaban J connectivity index is 2.09. The molecule has 1 heterocycles. The van der Waals surface area contributed by atoms with Gasteiger partial charge < -0.3 is 33.2 Å². The van der Waals surface area contributed by atoms with Gasteiger partial charge in [-0.25, -0.2) is 4.79 Å². The standard InChI is InChI=1S/C29H32Cl3NO10/c1-4-37-26(36)22(20-13-9-6-10-14-20)42-25-24(40-18(3)35)23(39-15-19-11-7-5-8-12-19)21(16-38-17(2)34)41-27(25)43-28(33)29(30,31)32/h5-14,21-25,27,33H,4,15-16H2,1-3H3/t21-,22-,23-,24+,25-,27+/m1/s1. The lowest BCUT2D eigenvalue weighted by atomic mass is 9.97. The smallest absolute Gasteiger partial charge is 0.339 e. The van der Waals surface area contributed by atoms with Gasteiger partial charge in [-0.3, -0.25) is 15.0 Å². The van der Waals surface area contributed by atoms with E-state index in [0.29, 0.717) is 5.56 Å². The predicted octanol–water partition coefficient (Wildman–Crippen LogP) is 4.85. The highest BCUT2D eigenvalue weighted by molar-refractivity contribution is 6.76. The van der Waals surface area contributed by atoms with Gasteiger partial charge in [-0.15, -0.1) is 0 Å². The molecule has 1 saturated heterocycles. The summed E-state index contributed by atoms with van der Waals surface area (Å²) in [7, 11) is 0. The normalized spacial score (nSPS) is 22.6. The Bertz CT molecular complexity index is 1230. The van der Waals surface area contributed by atoms with Gasteiger partial charge in [-0.2, -0.15) is 0 Å². The zero-order chi connectivity index (χ0) is 31.6. The number of hydrogen-bond donors (Lipinski definition) is 1. The zero-order valence-corrected chi connectivity index (χ0v) is 25.8. The number of ether oxygens (including phenoxy) is 7. The molecule has 0 saturated carbocycles. The third-order valence-corrected chi connectivity index (χ3v) is 6.53. The van der Waals surface area contributed by atoms with Crippen molar-refractivity contribution in [2.75, 3.05) is 13.2 Å². The fraction of sp³-hybridized carbons (Fsp3) is 0.448. The molecular formula is C29H32Cl3NO10. The molecule has 1 N–H and O–H groups in total. The van der Waals surface area contributed by atoms with Gasteiger partial charge in [0.05, 0.1) is 13.2 Å². The summed E-state index contributed by atoms with van der Waals surface area (Å²) in [5.74, 6) is -2.96. The number of esters is 3. The molecule has 0 spiro atoms. The number of halogens is 3. The molecule has 1 aliphatic rings. The number of carbonyl (C=O) groups excluding carboxylic acids is 3. The monoisotopic (exact) mass is 659 g/mol. The summed E-state index contributed by atoms with van der Waals surface area (Å²) < 4.78 is 38.0. The van der Waals surface area contributed by atoms with Gasteiger partial charge in [0.2, 0.25) is 12.2 Å². The highest BCUT2D eigenvalue weighted by Gasteiger charge is 2.53. The topological polar surface area (TPSA) is 140 Å². The molecule has 3 rings (SSSR count). The van der Waals surface area contributed by atoms with Crippen molar-refractivity contribution in [3.63, 3.8) is 0 Å². The minimum Gasteiger partial charge on any atom is -0.464 e. The Labute approximate surface area is 264 Å². The molecule has 14 heteroatoms. The number of benzene rings is 2. The summed E-state index contributed by atoms with van der Waals surface area (Å²) in [6, 6.07) is 17.5. The van der Waals surface area contributed by atoms with Crippen molar-refractivity contribution in [1.82, 2.24) is 0 Å². The van der Waals surface area contributed by atoms with Crippen LogP contribution >= 0.6 is 34.8 Å². The average Bonchev–Trinajstić information content (AvgIpc) is 2.95. The minimum atomic E-state index is -2.31. The van der Waals surface area contributed by atoms with Crippen molar-refractivity contribution in [2.24, 2.45) is 0 Å². The minimum absolute atomic E-state index is 0.0331. The van der Waals surface area contributed by atoms with Crippen LogP contribution in [0.3, 0.4) is 0 Å². The Kier molecular flexibility index (Phi) is 13.0. The lowest BCUT2D eigenvalue weighted by molar-refractivity contribution is -0.309. The SMILES string of the molecule is CCOC(=O)[C@H](O[C@H]1[C@H](OC(=N)C(Cl)(Cl)Cl)O[C@H](COC(C)=O)[C@@H](OCc2ccccc2)[C@@H]1OC(C)=O)c1ccccc1. The van der Waals surface area contributed by atoms with Gasteiger partial charge in [-0.05, 0) is 18.1 Å². The van der Waals surface area contributed by atoms with Crippen LogP contribution in [-0.2, 0) is 54.1 Å². The molecule has 2 aromatic carbocycles. The van der Waals surface area contributed by atoms with E-state index in [4.69, 9.17) is 73.4 Å². The summed E-state index contributed by atoms with van der Waals surface area (Å²) in [6.07, 6.45) is -8.03. The van der Waals surface area contributed by atoms with Crippen molar-refractivity contribution in [1.29, 1.82) is 5.41 Å². The number of nitrogens with one attached hydrogen (secondary N) is 1. The molecule has 1 aliphatic heterocycles. The average molecular weight is 661 g/mol. The van der Waals surface area contributed by atoms with Crippen molar-refractivity contribution >= 4 is 58.6 Å². The van der Waals surface area contributed by atoms with Crippen molar-refractivity contribution in [3.05, 3.63) is 71.8 Å². The molecule has 0 amide bonds. The molecule has 0 bridgehead atoms. The summed E-state index contributed by atoms with van der Waals surface area (Å²) in [5, 5.41) is 8.18. The number of alkyl halides is 3. The maximum Gasteiger partial charge on any atom is 0.339 e. The van der Waals surface area contributed by atoms with E-state index < -0.39 is 64.4 Å². The second kappa shape index (κ2) is 16.2. The van der Waals surface area contributed by atoms with Gasteiger partial charge in [-0.1, -0.05) is 95.5 Å². The van der Waals surface area contributed by atoms with E-state index in [0.717, 1.165) is 5.56 Å². The largest absolute Gasteiger partial charge is 0.464 e. The lowest BCUT2D eigenvalue weighted by Gasteiger charge is -2.45. The first-order valence-corrected chi connectivity index (χ1v) is 14.3. The van der Waals surface area contributed by atoms with Gasteiger partial charge >= 0.3 is 17.9 Å². The predicted molar refractivity (Wildman–Crippen MR) is 156 cm³/mol. The first kappa shape index (κ1) is 34.6. The summed E-state index contributed by atoms with van der Waals surface area (Å²) >= 11 is 17.6. The van der Waals surface area contributed by atoms with Crippen LogP contribution in [0.15, 0.2) is 60.7 Å². The summed E-state index contributed by atoms with van der Waals surface area (Å²) in [6.45, 7) is 3.72. The van der Waals surface area contributed by atoms with E-state index in [1.54, 1.807) is 37.3 Å². The highest BCUT2D eigenvalue weighted by atomic mass is 35.6. The number of rotatable bonds is 12. The van der Waals surface area contributed by atoms with Crippen molar-refractivity contribution < 1.29 is 47.5 Å². The quantitative estimate of drug-likeness (QED) is 0.111. The molecule has 43 heavy (non-hydrogen) atoms. The zero-order valence-electron chi connectivity index (χ0n) is 23.6. The Morgan fingerprint density at radius 1 is 0.884 bits per heavy atom. The van der Waals surface area contributed by atoms with Crippen LogP contribution in [-0.4, -0.2) is 71.5 Å². The number of carbonyl (C=O) groups is 3. The summed E-state index contributed by atoms with van der Waals surface area (Å²) in [5.41, 5.74) is 1.18.